The highest BCUT2D eigenvalue weighted by atomic mass is 16.3. The van der Waals surface area contributed by atoms with Crippen LogP contribution >= 0.6 is 0 Å². The van der Waals surface area contributed by atoms with Crippen LogP contribution in [0.4, 0.5) is 0 Å². The first-order valence-electron chi connectivity index (χ1n) is 8.15. The molecule has 1 aliphatic carbocycles. The molecule has 23 heavy (non-hydrogen) atoms. The van der Waals surface area contributed by atoms with Crippen LogP contribution in [0.1, 0.15) is 47.0 Å². The summed E-state index contributed by atoms with van der Waals surface area (Å²) in [4.78, 5) is 14.8. The molecular weight excluding hydrogens is 290 g/mol. The quantitative estimate of drug-likeness (QED) is 0.878. The number of aryl methyl sites for hydroxylation is 1. The standard InChI is InChI=1S/C19H21NO3/c1-12-5-8-23-17(12)18(22)20-7-6-19(2)11-14(20)9-13-3-4-15(21)10-16(13)19/h3-5,8,10,14,21H,6-7,9,11H2,1-2H3/t14?,19-/m1/s1. The molecule has 1 fully saturated rings. The zero-order valence-electron chi connectivity index (χ0n) is 13.5. The van der Waals surface area contributed by atoms with E-state index >= 15 is 0 Å². The van der Waals surface area contributed by atoms with E-state index in [-0.39, 0.29) is 17.4 Å². The van der Waals surface area contributed by atoms with Crippen LogP contribution < -0.4 is 0 Å². The number of amides is 1. The lowest BCUT2D eigenvalue weighted by molar-refractivity contribution is 0.0457. The van der Waals surface area contributed by atoms with Gasteiger partial charge in [0.2, 0.25) is 0 Å². The number of nitrogens with zero attached hydrogens (tertiary/aromatic N) is 1. The number of rotatable bonds is 1. The first-order chi connectivity index (χ1) is 11.0. The monoisotopic (exact) mass is 311 g/mol. The van der Waals surface area contributed by atoms with E-state index in [0.29, 0.717) is 11.5 Å². The fraction of sp³-hybridized carbons (Fsp3) is 0.421. The predicted molar refractivity (Wildman–Crippen MR) is 86.7 cm³/mol. The molecule has 4 rings (SSSR count). The summed E-state index contributed by atoms with van der Waals surface area (Å²) in [5.74, 6) is 0.792. The Hall–Kier alpha value is -2.23. The Bertz CT molecular complexity index is 779. The minimum atomic E-state index is 0.00165. The topological polar surface area (TPSA) is 53.7 Å². The number of hydrogen-bond donors (Lipinski definition) is 1. The van der Waals surface area contributed by atoms with Gasteiger partial charge in [-0.05, 0) is 60.9 Å². The molecule has 4 nitrogen and oxygen atoms in total. The Morgan fingerprint density at radius 3 is 2.96 bits per heavy atom. The van der Waals surface area contributed by atoms with Crippen molar-refractivity contribution in [1.82, 2.24) is 4.90 Å². The number of hydrogen-bond acceptors (Lipinski definition) is 3. The normalized spacial score (nSPS) is 26.0. The second-order valence-electron chi connectivity index (χ2n) is 7.15. The van der Waals surface area contributed by atoms with E-state index in [9.17, 15) is 9.90 Å². The molecule has 2 heterocycles. The molecule has 4 heteroatoms. The van der Waals surface area contributed by atoms with Gasteiger partial charge in [0.05, 0.1) is 6.26 Å². The van der Waals surface area contributed by atoms with Gasteiger partial charge in [0.25, 0.3) is 5.91 Å². The van der Waals surface area contributed by atoms with Gasteiger partial charge in [0, 0.05) is 18.2 Å². The van der Waals surface area contributed by atoms with Crippen LogP contribution in [-0.2, 0) is 11.8 Å². The summed E-state index contributed by atoms with van der Waals surface area (Å²) in [5, 5.41) is 9.82. The first-order valence-corrected chi connectivity index (χ1v) is 8.15. The lowest BCUT2D eigenvalue weighted by atomic mass is 9.65. The van der Waals surface area contributed by atoms with E-state index in [0.717, 1.165) is 31.4 Å². The van der Waals surface area contributed by atoms with Gasteiger partial charge in [-0.15, -0.1) is 0 Å². The molecule has 2 aromatic rings. The Kier molecular flexibility index (Phi) is 3.05. The predicted octanol–water partition coefficient (Wildman–Crippen LogP) is 3.41. The highest BCUT2D eigenvalue weighted by Crippen LogP contribution is 2.46. The Morgan fingerprint density at radius 2 is 2.22 bits per heavy atom. The van der Waals surface area contributed by atoms with Crippen LogP contribution in [0.3, 0.4) is 0 Å². The summed E-state index contributed by atoms with van der Waals surface area (Å²) in [5.41, 5.74) is 3.42. The van der Waals surface area contributed by atoms with Crippen molar-refractivity contribution in [2.24, 2.45) is 0 Å². The number of piperidine rings is 1. The van der Waals surface area contributed by atoms with Crippen LogP contribution in [0.2, 0.25) is 0 Å². The summed E-state index contributed by atoms with van der Waals surface area (Å²) < 4.78 is 5.40. The van der Waals surface area contributed by atoms with Gasteiger partial charge in [-0.3, -0.25) is 4.79 Å². The number of fused-ring (bicyclic) bond motifs is 4. The van der Waals surface area contributed by atoms with E-state index in [4.69, 9.17) is 4.42 Å². The van der Waals surface area contributed by atoms with Crippen molar-refractivity contribution in [3.63, 3.8) is 0 Å². The minimum absolute atomic E-state index is 0.00165. The van der Waals surface area contributed by atoms with Crippen molar-refractivity contribution in [1.29, 1.82) is 0 Å². The zero-order valence-corrected chi connectivity index (χ0v) is 13.5. The van der Waals surface area contributed by atoms with Crippen molar-refractivity contribution >= 4 is 5.91 Å². The van der Waals surface area contributed by atoms with E-state index in [1.165, 1.54) is 11.1 Å². The molecule has 2 aliphatic rings. The van der Waals surface area contributed by atoms with E-state index in [1.54, 1.807) is 12.3 Å². The van der Waals surface area contributed by atoms with Crippen LogP contribution in [0.25, 0.3) is 0 Å². The molecule has 120 valence electrons. The summed E-state index contributed by atoms with van der Waals surface area (Å²) in [6.45, 7) is 4.89. The number of benzene rings is 1. The molecule has 1 saturated heterocycles. The molecule has 1 aromatic heterocycles. The third kappa shape index (κ3) is 2.16. The van der Waals surface area contributed by atoms with Crippen molar-refractivity contribution < 1.29 is 14.3 Å². The number of furan rings is 1. The lowest BCUT2D eigenvalue weighted by Gasteiger charge is -2.49. The average Bonchev–Trinajstić information content (AvgIpc) is 2.94. The van der Waals surface area contributed by atoms with E-state index < -0.39 is 0 Å². The summed E-state index contributed by atoms with van der Waals surface area (Å²) in [7, 11) is 0. The molecule has 0 radical (unpaired) electrons. The minimum Gasteiger partial charge on any atom is -0.508 e. The number of aromatic hydroxyl groups is 1. The van der Waals surface area contributed by atoms with Crippen LogP contribution in [0.5, 0.6) is 5.75 Å². The number of phenols is 1. The average molecular weight is 311 g/mol. The van der Waals surface area contributed by atoms with Crippen LogP contribution in [0, 0.1) is 6.92 Å². The zero-order chi connectivity index (χ0) is 16.2. The summed E-state index contributed by atoms with van der Waals surface area (Å²) in [6, 6.07) is 7.68. The van der Waals surface area contributed by atoms with Crippen molar-refractivity contribution in [2.75, 3.05) is 6.54 Å². The molecule has 2 atom stereocenters. The van der Waals surface area contributed by atoms with Gasteiger partial charge in [0.1, 0.15) is 5.75 Å². The molecule has 1 unspecified atom stereocenters. The third-order valence-electron chi connectivity index (χ3n) is 5.55. The number of likely N-dealkylation sites (tertiary alicyclic amines) is 1. The third-order valence-corrected chi connectivity index (χ3v) is 5.55. The second kappa shape index (κ2) is 4.88. The fourth-order valence-corrected chi connectivity index (χ4v) is 4.26. The molecule has 1 aromatic carbocycles. The van der Waals surface area contributed by atoms with Gasteiger partial charge in [-0.1, -0.05) is 13.0 Å². The fourth-order valence-electron chi connectivity index (χ4n) is 4.26. The van der Waals surface area contributed by atoms with Crippen molar-refractivity contribution in [3.8, 4) is 5.75 Å². The van der Waals surface area contributed by atoms with Gasteiger partial charge < -0.3 is 14.4 Å². The van der Waals surface area contributed by atoms with Gasteiger partial charge in [-0.25, -0.2) is 0 Å². The molecule has 2 bridgehead atoms. The summed E-state index contributed by atoms with van der Waals surface area (Å²) in [6.07, 6.45) is 4.27. The molecule has 0 spiro atoms. The van der Waals surface area contributed by atoms with E-state index in [1.807, 2.05) is 30.0 Å². The Balaban J connectivity index is 1.69. The number of carbonyl (C=O) groups is 1. The molecule has 0 saturated carbocycles. The molecule has 1 N–H and O–H groups in total. The van der Waals surface area contributed by atoms with Crippen LogP contribution in [-0.4, -0.2) is 28.5 Å². The second-order valence-corrected chi connectivity index (χ2v) is 7.15. The Labute approximate surface area is 135 Å². The molecular formula is C19H21NO3. The maximum atomic E-state index is 12.8. The maximum absolute atomic E-state index is 12.8. The maximum Gasteiger partial charge on any atom is 0.290 e. The first kappa shape index (κ1) is 14.4. The van der Waals surface area contributed by atoms with Crippen LogP contribution in [0.15, 0.2) is 34.9 Å². The van der Waals surface area contributed by atoms with Crippen molar-refractivity contribution in [3.05, 3.63) is 53.0 Å². The largest absolute Gasteiger partial charge is 0.508 e. The van der Waals surface area contributed by atoms with Gasteiger partial charge in [0.15, 0.2) is 5.76 Å². The molecule has 1 aliphatic heterocycles. The highest BCUT2D eigenvalue weighted by molar-refractivity contribution is 5.93. The molecule has 1 amide bonds. The SMILES string of the molecule is Cc1ccoc1C(=O)N1CC[C@]2(C)CC1Cc1ccc(O)cc12. The van der Waals surface area contributed by atoms with Gasteiger partial charge in [-0.2, -0.15) is 0 Å². The smallest absolute Gasteiger partial charge is 0.290 e. The highest BCUT2D eigenvalue weighted by Gasteiger charge is 2.44. The lowest BCUT2D eigenvalue weighted by Crippen LogP contribution is -2.54. The van der Waals surface area contributed by atoms with E-state index in [2.05, 4.69) is 6.92 Å². The van der Waals surface area contributed by atoms with Crippen molar-refractivity contribution in [2.45, 2.75) is 44.6 Å². The number of carbonyl (C=O) groups excluding carboxylic acids is 1. The number of phenolic OH excluding ortho intramolecular Hbond substituents is 1. The summed E-state index contributed by atoms with van der Waals surface area (Å²) >= 11 is 0. The van der Waals surface area contributed by atoms with Gasteiger partial charge >= 0.3 is 0 Å². The Morgan fingerprint density at radius 1 is 1.39 bits per heavy atom.